The highest BCUT2D eigenvalue weighted by Gasteiger charge is 2.12. The summed E-state index contributed by atoms with van der Waals surface area (Å²) in [6.07, 6.45) is 3.73. The SMILES string of the molecule is c1cncc(-c2ccc(CN3CCOCC3)s2)c1. The largest absolute Gasteiger partial charge is 0.379 e. The molecule has 0 amide bonds. The molecule has 3 nitrogen and oxygen atoms in total. The molecule has 4 heteroatoms. The summed E-state index contributed by atoms with van der Waals surface area (Å²) in [5.41, 5.74) is 1.20. The molecular formula is C14H16N2OS. The Kier molecular flexibility index (Phi) is 3.69. The van der Waals surface area contributed by atoms with Crippen LogP contribution in [-0.2, 0) is 11.3 Å². The quantitative estimate of drug-likeness (QED) is 0.848. The highest BCUT2D eigenvalue weighted by molar-refractivity contribution is 7.15. The van der Waals surface area contributed by atoms with E-state index in [9.17, 15) is 0 Å². The molecule has 0 atom stereocenters. The first-order valence-corrected chi connectivity index (χ1v) is 7.03. The zero-order chi connectivity index (χ0) is 12.2. The summed E-state index contributed by atoms with van der Waals surface area (Å²) < 4.78 is 5.37. The van der Waals surface area contributed by atoms with Crippen molar-refractivity contribution in [3.63, 3.8) is 0 Å². The van der Waals surface area contributed by atoms with Gasteiger partial charge in [-0.2, -0.15) is 0 Å². The molecule has 2 aromatic rings. The number of thiophene rings is 1. The minimum absolute atomic E-state index is 0.862. The monoisotopic (exact) mass is 260 g/mol. The molecular weight excluding hydrogens is 244 g/mol. The Morgan fingerprint density at radius 3 is 2.89 bits per heavy atom. The van der Waals surface area contributed by atoms with Crippen LogP contribution in [-0.4, -0.2) is 36.2 Å². The Labute approximate surface area is 111 Å². The van der Waals surface area contributed by atoms with Crippen molar-refractivity contribution in [3.05, 3.63) is 41.5 Å². The van der Waals surface area contributed by atoms with Crippen LogP contribution in [0.2, 0.25) is 0 Å². The molecule has 1 saturated heterocycles. The molecule has 0 N–H and O–H groups in total. The first-order valence-electron chi connectivity index (χ1n) is 6.21. The van der Waals surface area contributed by atoms with Crippen LogP contribution < -0.4 is 0 Å². The van der Waals surface area contributed by atoms with Crippen LogP contribution in [0.4, 0.5) is 0 Å². The molecule has 0 aliphatic carbocycles. The minimum Gasteiger partial charge on any atom is -0.379 e. The third kappa shape index (κ3) is 2.77. The van der Waals surface area contributed by atoms with E-state index in [0.29, 0.717) is 0 Å². The second-order valence-corrected chi connectivity index (χ2v) is 5.56. The second kappa shape index (κ2) is 5.61. The van der Waals surface area contributed by atoms with E-state index in [1.807, 2.05) is 29.8 Å². The van der Waals surface area contributed by atoms with Crippen LogP contribution >= 0.6 is 11.3 Å². The molecule has 0 aromatic carbocycles. The molecule has 94 valence electrons. The van der Waals surface area contributed by atoms with Gasteiger partial charge in [-0.25, -0.2) is 0 Å². The smallest absolute Gasteiger partial charge is 0.0594 e. The van der Waals surface area contributed by atoms with Crippen molar-refractivity contribution in [3.8, 4) is 10.4 Å². The number of nitrogens with zero attached hydrogens (tertiary/aromatic N) is 2. The molecule has 1 aliphatic heterocycles. The fraction of sp³-hybridized carbons (Fsp3) is 0.357. The van der Waals surface area contributed by atoms with Gasteiger partial charge in [-0.1, -0.05) is 6.07 Å². The van der Waals surface area contributed by atoms with Crippen molar-refractivity contribution < 1.29 is 4.74 Å². The van der Waals surface area contributed by atoms with Crippen LogP contribution in [0, 0.1) is 0 Å². The van der Waals surface area contributed by atoms with Gasteiger partial charge in [-0.3, -0.25) is 9.88 Å². The normalized spacial score (nSPS) is 16.9. The van der Waals surface area contributed by atoms with E-state index in [1.165, 1.54) is 15.3 Å². The van der Waals surface area contributed by atoms with Crippen LogP contribution in [0.25, 0.3) is 10.4 Å². The van der Waals surface area contributed by atoms with E-state index in [2.05, 4.69) is 28.1 Å². The lowest BCUT2D eigenvalue weighted by Crippen LogP contribution is -2.35. The molecule has 0 spiro atoms. The Morgan fingerprint density at radius 1 is 1.22 bits per heavy atom. The van der Waals surface area contributed by atoms with Gasteiger partial charge in [0.2, 0.25) is 0 Å². The van der Waals surface area contributed by atoms with Crippen molar-refractivity contribution in [1.82, 2.24) is 9.88 Å². The summed E-state index contributed by atoms with van der Waals surface area (Å²) in [6.45, 7) is 4.84. The van der Waals surface area contributed by atoms with Gasteiger partial charge < -0.3 is 4.74 Å². The highest BCUT2D eigenvalue weighted by Crippen LogP contribution is 2.28. The third-order valence-corrected chi connectivity index (χ3v) is 4.21. The van der Waals surface area contributed by atoms with Gasteiger partial charge in [0.05, 0.1) is 13.2 Å². The number of rotatable bonds is 3. The number of aromatic nitrogens is 1. The Balaban J connectivity index is 1.69. The van der Waals surface area contributed by atoms with Crippen molar-refractivity contribution >= 4 is 11.3 Å². The number of hydrogen-bond donors (Lipinski definition) is 0. The molecule has 1 fully saturated rings. The lowest BCUT2D eigenvalue weighted by molar-refractivity contribution is 0.0346. The van der Waals surface area contributed by atoms with Crippen molar-refractivity contribution in [2.45, 2.75) is 6.54 Å². The van der Waals surface area contributed by atoms with Crippen LogP contribution in [0.1, 0.15) is 4.88 Å². The van der Waals surface area contributed by atoms with Crippen molar-refractivity contribution in [2.75, 3.05) is 26.3 Å². The van der Waals surface area contributed by atoms with Gasteiger partial charge in [0, 0.05) is 47.3 Å². The molecule has 3 rings (SSSR count). The van der Waals surface area contributed by atoms with Crippen LogP contribution in [0.5, 0.6) is 0 Å². The highest BCUT2D eigenvalue weighted by atomic mass is 32.1. The van der Waals surface area contributed by atoms with Crippen molar-refractivity contribution in [1.29, 1.82) is 0 Å². The summed E-state index contributed by atoms with van der Waals surface area (Å²) in [7, 11) is 0. The first kappa shape index (κ1) is 11.8. The van der Waals surface area contributed by atoms with Gasteiger partial charge in [0.25, 0.3) is 0 Å². The summed E-state index contributed by atoms with van der Waals surface area (Å²) in [4.78, 5) is 9.32. The molecule has 0 bridgehead atoms. The fourth-order valence-corrected chi connectivity index (χ4v) is 3.15. The number of pyridine rings is 1. The maximum absolute atomic E-state index is 5.37. The predicted octanol–water partition coefficient (Wildman–Crippen LogP) is 2.64. The maximum atomic E-state index is 5.37. The van der Waals surface area contributed by atoms with Gasteiger partial charge in [0.15, 0.2) is 0 Å². The van der Waals surface area contributed by atoms with Gasteiger partial charge in [-0.05, 0) is 18.2 Å². The molecule has 18 heavy (non-hydrogen) atoms. The number of morpholine rings is 1. The predicted molar refractivity (Wildman–Crippen MR) is 73.6 cm³/mol. The van der Waals surface area contributed by atoms with E-state index >= 15 is 0 Å². The number of hydrogen-bond acceptors (Lipinski definition) is 4. The van der Waals surface area contributed by atoms with E-state index < -0.39 is 0 Å². The first-order chi connectivity index (χ1) is 8.92. The molecule has 2 aromatic heterocycles. The summed E-state index contributed by atoms with van der Waals surface area (Å²) >= 11 is 1.86. The Bertz CT molecular complexity index is 492. The summed E-state index contributed by atoms with van der Waals surface area (Å²) in [6, 6.07) is 8.51. The second-order valence-electron chi connectivity index (χ2n) is 4.40. The lowest BCUT2D eigenvalue weighted by atomic mass is 10.2. The van der Waals surface area contributed by atoms with Crippen LogP contribution in [0.3, 0.4) is 0 Å². The lowest BCUT2D eigenvalue weighted by Gasteiger charge is -2.25. The maximum Gasteiger partial charge on any atom is 0.0594 e. The average molecular weight is 260 g/mol. The zero-order valence-electron chi connectivity index (χ0n) is 10.2. The van der Waals surface area contributed by atoms with Gasteiger partial charge >= 0.3 is 0 Å². The minimum atomic E-state index is 0.862. The standard InChI is InChI=1S/C14H16N2OS/c1-2-12(10-15-5-1)14-4-3-13(18-14)11-16-6-8-17-9-7-16/h1-5,10H,6-9,11H2. The summed E-state index contributed by atoms with van der Waals surface area (Å²) in [5.74, 6) is 0. The Morgan fingerprint density at radius 2 is 2.11 bits per heavy atom. The summed E-state index contributed by atoms with van der Waals surface area (Å²) in [5, 5.41) is 0. The molecule has 0 radical (unpaired) electrons. The van der Waals surface area contributed by atoms with Crippen LogP contribution in [0.15, 0.2) is 36.7 Å². The Hall–Kier alpha value is -1.23. The van der Waals surface area contributed by atoms with Crippen molar-refractivity contribution in [2.24, 2.45) is 0 Å². The molecule has 3 heterocycles. The number of ether oxygens (including phenoxy) is 1. The molecule has 0 unspecified atom stereocenters. The van der Waals surface area contributed by atoms with E-state index in [0.717, 1.165) is 32.8 Å². The average Bonchev–Trinajstić information content (AvgIpc) is 2.89. The molecule has 0 saturated carbocycles. The molecule has 1 aliphatic rings. The van der Waals surface area contributed by atoms with E-state index in [4.69, 9.17) is 4.74 Å². The van der Waals surface area contributed by atoms with E-state index in [-0.39, 0.29) is 0 Å². The van der Waals surface area contributed by atoms with Gasteiger partial charge in [-0.15, -0.1) is 11.3 Å². The zero-order valence-corrected chi connectivity index (χ0v) is 11.0. The third-order valence-electron chi connectivity index (χ3n) is 3.09. The fourth-order valence-electron chi connectivity index (χ4n) is 2.11. The van der Waals surface area contributed by atoms with E-state index in [1.54, 1.807) is 0 Å². The topological polar surface area (TPSA) is 25.4 Å². The van der Waals surface area contributed by atoms with Gasteiger partial charge in [0.1, 0.15) is 0 Å².